The summed E-state index contributed by atoms with van der Waals surface area (Å²) in [7, 11) is 4.02. The number of likely N-dealkylation sites (N-methyl/N-ethyl adjacent to an activating group) is 1. The maximum Gasteiger partial charge on any atom is 0.270 e. The van der Waals surface area contributed by atoms with Crippen LogP contribution in [0.15, 0.2) is 6.07 Å². The zero-order chi connectivity index (χ0) is 15.9. The van der Waals surface area contributed by atoms with Crippen LogP contribution in [0.5, 0.6) is 0 Å². The summed E-state index contributed by atoms with van der Waals surface area (Å²) in [6.45, 7) is 4.76. The van der Waals surface area contributed by atoms with Gasteiger partial charge in [0.15, 0.2) is 0 Å². The van der Waals surface area contributed by atoms with Gasteiger partial charge in [0, 0.05) is 32.3 Å². The highest BCUT2D eigenvalue weighted by atomic mass is 16.5. The molecule has 0 saturated carbocycles. The number of ether oxygens (including phenoxy) is 1. The number of aryl methyl sites for hydroxylation is 1. The number of rotatable bonds is 7. The van der Waals surface area contributed by atoms with Crippen molar-refractivity contribution in [3.05, 3.63) is 17.6 Å². The summed E-state index contributed by atoms with van der Waals surface area (Å²) in [6, 6.07) is 1.69. The summed E-state index contributed by atoms with van der Waals surface area (Å²) in [5.41, 5.74) is 0.387. The number of aromatic nitrogens is 2. The van der Waals surface area contributed by atoms with Crippen molar-refractivity contribution in [1.29, 1.82) is 0 Å². The molecular weight excluding hydrogens is 282 g/mol. The van der Waals surface area contributed by atoms with Gasteiger partial charge in [0.2, 0.25) is 0 Å². The van der Waals surface area contributed by atoms with E-state index >= 15 is 0 Å². The topological polar surface area (TPSA) is 79.4 Å². The van der Waals surface area contributed by atoms with Crippen LogP contribution < -0.4 is 10.6 Å². The number of anilines is 1. The Morgan fingerprint density at radius 1 is 1.45 bits per heavy atom. The fourth-order valence-corrected chi connectivity index (χ4v) is 2.28. The van der Waals surface area contributed by atoms with Crippen molar-refractivity contribution < 1.29 is 9.53 Å². The van der Waals surface area contributed by atoms with Crippen molar-refractivity contribution in [2.24, 2.45) is 0 Å². The smallest absolute Gasteiger partial charge is 0.270 e. The van der Waals surface area contributed by atoms with Crippen LogP contribution in [0.4, 0.5) is 5.82 Å². The second-order valence-corrected chi connectivity index (χ2v) is 5.76. The van der Waals surface area contributed by atoms with Crippen LogP contribution >= 0.6 is 0 Å². The van der Waals surface area contributed by atoms with Crippen molar-refractivity contribution in [3.8, 4) is 0 Å². The van der Waals surface area contributed by atoms with Gasteiger partial charge >= 0.3 is 0 Å². The summed E-state index contributed by atoms with van der Waals surface area (Å²) in [4.78, 5) is 22.8. The van der Waals surface area contributed by atoms with E-state index in [-0.39, 0.29) is 12.0 Å². The molecular formula is C15H25N5O2. The Balaban J connectivity index is 1.91. The zero-order valence-electron chi connectivity index (χ0n) is 13.6. The minimum Gasteiger partial charge on any atom is -0.376 e. The lowest BCUT2D eigenvalue weighted by Crippen LogP contribution is -2.32. The van der Waals surface area contributed by atoms with E-state index in [2.05, 4.69) is 25.5 Å². The van der Waals surface area contributed by atoms with Crippen molar-refractivity contribution in [2.75, 3.05) is 45.7 Å². The van der Waals surface area contributed by atoms with E-state index in [1.807, 2.05) is 14.1 Å². The molecule has 1 unspecified atom stereocenters. The maximum atomic E-state index is 12.2. The van der Waals surface area contributed by atoms with Gasteiger partial charge < -0.3 is 20.3 Å². The predicted octanol–water partition coefficient (Wildman–Crippen LogP) is 0.667. The van der Waals surface area contributed by atoms with E-state index in [1.165, 1.54) is 0 Å². The van der Waals surface area contributed by atoms with Gasteiger partial charge in [-0.3, -0.25) is 4.79 Å². The second kappa shape index (κ2) is 8.05. The zero-order valence-corrected chi connectivity index (χ0v) is 13.6. The Labute approximate surface area is 131 Å². The first-order valence-electron chi connectivity index (χ1n) is 7.68. The summed E-state index contributed by atoms with van der Waals surface area (Å²) in [5.74, 6) is 1.07. The van der Waals surface area contributed by atoms with Gasteiger partial charge in [-0.05, 0) is 33.9 Å². The lowest BCUT2D eigenvalue weighted by molar-refractivity contribution is 0.0853. The minimum atomic E-state index is -0.184. The molecule has 22 heavy (non-hydrogen) atoms. The monoisotopic (exact) mass is 307 g/mol. The first-order chi connectivity index (χ1) is 10.5. The Kier molecular flexibility index (Phi) is 6.09. The van der Waals surface area contributed by atoms with E-state index in [0.29, 0.717) is 23.9 Å². The summed E-state index contributed by atoms with van der Waals surface area (Å²) in [6.07, 6.45) is 2.19. The third-order valence-electron chi connectivity index (χ3n) is 3.45. The van der Waals surface area contributed by atoms with Crippen LogP contribution in [-0.2, 0) is 4.74 Å². The lowest BCUT2D eigenvalue weighted by Gasteiger charge is -2.13. The molecule has 2 N–H and O–H groups in total. The second-order valence-electron chi connectivity index (χ2n) is 5.76. The SMILES string of the molecule is Cc1nc(NCCN(C)C)cc(C(=O)NCC2CCCO2)n1. The van der Waals surface area contributed by atoms with Crippen molar-refractivity contribution in [1.82, 2.24) is 20.2 Å². The predicted molar refractivity (Wildman–Crippen MR) is 85.1 cm³/mol. The average molecular weight is 307 g/mol. The third kappa shape index (κ3) is 5.23. The molecule has 0 aromatic carbocycles. The maximum absolute atomic E-state index is 12.2. The summed E-state index contributed by atoms with van der Waals surface area (Å²) in [5, 5.41) is 6.09. The molecule has 1 aliphatic rings. The molecule has 1 atom stereocenters. The fraction of sp³-hybridized carbons (Fsp3) is 0.667. The lowest BCUT2D eigenvalue weighted by atomic mass is 10.2. The highest BCUT2D eigenvalue weighted by Crippen LogP contribution is 2.11. The van der Waals surface area contributed by atoms with E-state index < -0.39 is 0 Å². The van der Waals surface area contributed by atoms with E-state index in [9.17, 15) is 4.79 Å². The molecule has 0 radical (unpaired) electrons. The molecule has 1 aromatic heterocycles. The molecule has 0 spiro atoms. The number of carbonyl (C=O) groups is 1. The van der Waals surface area contributed by atoms with Crippen LogP contribution in [0.25, 0.3) is 0 Å². The number of nitrogens with zero attached hydrogens (tertiary/aromatic N) is 3. The first kappa shape index (κ1) is 16.6. The number of nitrogens with one attached hydrogen (secondary N) is 2. The normalized spacial score (nSPS) is 17.7. The summed E-state index contributed by atoms with van der Waals surface area (Å²) < 4.78 is 5.50. The molecule has 2 heterocycles. The molecule has 7 heteroatoms. The fourth-order valence-electron chi connectivity index (χ4n) is 2.28. The quantitative estimate of drug-likeness (QED) is 0.771. The molecule has 7 nitrogen and oxygen atoms in total. The first-order valence-corrected chi connectivity index (χ1v) is 7.68. The Morgan fingerprint density at radius 2 is 2.27 bits per heavy atom. The van der Waals surface area contributed by atoms with Gasteiger partial charge in [0.05, 0.1) is 6.10 Å². The largest absolute Gasteiger partial charge is 0.376 e. The molecule has 1 fully saturated rings. The van der Waals surface area contributed by atoms with Crippen LogP contribution in [0.2, 0.25) is 0 Å². The van der Waals surface area contributed by atoms with Gasteiger partial charge in [-0.15, -0.1) is 0 Å². The van der Waals surface area contributed by atoms with Gasteiger partial charge in [-0.2, -0.15) is 0 Å². The van der Waals surface area contributed by atoms with Crippen molar-refractivity contribution in [2.45, 2.75) is 25.9 Å². The summed E-state index contributed by atoms with van der Waals surface area (Å²) >= 11 is 0. The van der Waals surface area contributed by atoms with Crippen molar-refractivity contribution in [3.63, 3.8) is 0 Å². The number of amides is 1. The van der Waals surface area contributed by atoms with Crippen LogP contribution in [0, 0.1) is 6.92 Å². The van der Waals surface area contributed by atoms with E-state index in [1.54, 1.807) is 13.0 Å². The Bertz CT molecular complexity index is 501. The highest BCUT2D eigenvalue weighted by molar-refractivity contribution is 5.92. The molecule has 1 saturated heterocycles. The molecule has 1 aromatic rings. The number of carbonyl (C=O) groups excluding carboxylic acids is 1. The van der Waals surface area contributed by atoms with E-state index in [4.69, 9.17) is 4.74 Å². The van der Waals surface area contributed by atoms with E-state index in [0.717, 1.165) is 32.5 Å². The molecule has 0 bridgehead atoms. The van der Waals surface area contributed by atoms with Crippen LogP contribution in [-0.4, -0.2) is 67.2 Å². The Hall–Kier alpha value is -1.73. The van der Waals surface area contributed by atoms with Crippen LogP contribution in [0.3, 0.4) is 0 Å². The van der Waals surface area contributed by atoms with Gasteiger partial charge in [0.1, 0.15) is 17.3 Å². The third-order valence-corrected chi connectivity index (χ3v) is 3.45. The number of hydrogen-bond acceptors (Lipinski definition) is 6. The molecule has 2 rings (SSSR count). The highest BCUT2D eigenvalue weighted by Gasteiger charge is 2.17. The molecule has 122 valence electrons. The van der Waals surface area contributed by atoms with Crippen LogP contribution in [0.1, 0.15) is 29.2 Å². The van der Waals surface area contributed by atoms with Crippen molar-refractivity contribution >= 4 is 11.7 Å². The van der Waals surface area contributed by atoms with Gasteiger partial charge in [-0.25, -0.2) is 9.97 Å². The molecule has 0 aliphatic carbocycles. The minimum absolute atomic E-state index is 0.129. The van der Waals surface area contributed by atoms with Gasteiger partial charge in [-0.1, -0.05) is 0 Å². The van der Waals surface area contributed by atoms with Gasteiger partial charge in [0.25, 0.3) is 5.91 Å². The molecule has 1 amide bonds. The standard InChI is InChI=1S/C15H25N5O2/c1-11-18-13(9-14(19-11)16-6-7-20(2)3)15(21)17-10-12-5-4-8-22-12/h9,12H,4-8,10H2,1-3H3,(H,17,21)(H,16,18,19). The number of hydrogen-bond donors (Lipinski definition) is 2. The Morgan fingerprint density at radius 3 is 2.95 bits per heavy atom. The molecule has 1 aliphatic heterocycles. The average Bonchev–Trinajstić information content (AvgIpc) is 2.97.